The number of benzene rings is 1. The molecular weight excluding hydrogens is 320 g/mol. The summed E-state index contributed by atoms with van der Waals surface area (Å²) in [7, 11) is 0. The van der Waals surface area contributed by atoms with Crippen LogP contribution in [0.1, 0.15) is 37.4 Å². The molecule has 0 radical (unpaired) electrons. The van der Waals surface area contributed by atoms with Gasteiger partial charge in [0, 0.05) is 8.95 Å². The van der Waals surface area contributed by atoms with Gasteiger partial charge in [-0.15, -0.1) is 0 Å². The third kappa shape index (κ3) is 2.83. The molecule has 2 rings (SSSR count). The Morgan fingerprint density at radius 1 is 1.33 bits per heavy atom. The smallest absolute Gasteiger partial charge is 0.0803 e. The van der Waals surface area contributed by atoms with Gasteiger partial charge in [-0.1, -0.05) is 57.2 Å². The summed E-state index contributed by atoms with van der Waals surface area (Å²) in [4.78, 5) is 0. The van der Waals surface area contributed by atoms with Crippen molar-refractivity contribution in [3.05, 3.63) is 32.7 Å². The molecule has 1 aromatic carbocycles. The van der Waals surface area contributed by atoms with Gasteiger partial charge < -0.3 is 5.11 Å². The quantitative estimate of drug-likeness (QED) is 0.867. The van der Waals surface area contributed by atoms with Gasteiger partial charge in [-0.2, -0.15) is 0 Å². The molecule has 1 unspecified atom stereocenters. The van der Waals surface area contributed by atoms with Crippen LogP contribution in [0.25, 0.3) is 0 Å². The molecule has 0 amide bonds. The van der Waals surface area contributed by atoms with E-state index >= 15 is 0 Å². The molecule has 0 bridgehead atoms. The van der Waals surface area contributed by atoms with Crippen LogP contribution in [0.2, 0.25) is 0 Å². The van der Waals surface area contributed by atoms with Crippen molar-refractivity contribution < 1.29 is 5.11 Å². The lowest BCUT2D eigenvalue weighted by atomic mass is 9.80. The Bertz CT molecular complexity index is 347. The second-order valence-electron chi connectivity index (χ2n) is 4.21. The fraction of sp³-hybridized carbons (Fsp3) is 0.500. The normalized spacial score (nSPS) is 18.6. The van der Waals surface area contributed by atoms with Gasteiger partial charge >= 0.3 is 0 Å². The minimum Gasteiger partial charge on any atom is -0.388 e. The third-order valence-corrected chi connectivity index (χ3v) is 4.28. The monoisotopic (exact) mass is 332 g/mol. The lowest BCUT2D eigenvalue weighted by Gasteiger charge is -2.28. The average molecular weight is 334 g/mol. The summed E-state index contributed by atoms with van der Waals surface area (Å²) in [6.45, 7) is 0. The number of hydrogen-bond acceptors (Lipinski definition) is 1. The van der Waals surface area contributed by atoms with E-state index < -0.39 is 0 Å². The van der Waals surface area contributed by atoms with Gasteiger partial charge in [0.15, 0.2) is 0 Å². The van der Waals surface area contributed by atoms with Crippen LogP contribution in [-0.4, -0.2) is 5.11 Å². The second-order valence-corrected chi connectivity index (χ2v) is 5.98. The van der Waals surface area contributed by atoms with E-state index in [1.54, 1.807) is 0 Å². The van der Waals surface area contributed by atoms with Gasteiger partial charge in [0.25, 0.3) is 0 Å². The fourth-order valence-electron chi connectivity index (χ4n) is 1.94. The van der Waals surface area contributed by atoms with Crippen molar-refractivity contribution in [3.8, 4) is 0 Å². The molecule has 1 saturated carbocycles. The molecule has 0 aromatic heterocycles. The number of aliphatic hydroxyl groups is 1. The topological polar surface area (TPSA) is 20.2 Å². The Kier molecular flexibility index (Phi) is 3.86. The minimum absolute atomic E-state index is 0.322. The molecule has 0 saturated heterocycles. The largest absolute Gasteiger partial charge is 0.388 e. The van der Waals surface area contributed by atoms with Crippen LogP contribution in [0.5, 0.6) is 0 Å². The minimum atomic E-state index is -0.322. The van der Waals surface area contributed by atoms with Crippen LogP contribution in [-0.2, 0) is 0 Å². The Hall–Kier alpha value is 0.140. The van der Waals surface area contributed by atoms with E-state index in [0.717, 1.165) is 26.8 Å². The van der Waals surface area contributed by atoms with Gasteiger partial charge in [0.2, 0.25) is 0 Å². The molecule has 82 valence electrons. The Morgan fingerprint density at radius 2 is 2.07 bits per heavy atom. The fourth-order valence-corrected chi connectivity index (χ4v) is 3.25. The summed E-state index contributed by atoms with van der Waals surface area (Å²) in [5, 5.41) is 10.1. The molecule has 1 aromatic rings. The Morgan fingerprint density at radius 3 is 2.60 bits per heavy atom. The van der Waals surface area contributed by atoms with Crippen LogP contribution < -0.4 is 0 Å². The van der Waals surface area contributed by atoms with Crippen LogP contribution in [0.4, 0.5) is 0 Å². The van der Waals surface area contributed by atoms with Crippen molar-refractivity contribution in [1.29, 1.82) is 0 Å². The Balaban J connectivity index is 2.06. The summed E-state index contributed by atoms with van der Waals surface area (Å²) < 4.78 is 2.03. The molecule has 1 atom stereocenters. The van der Waals surface area contributed by atoms with E-state index in [4.69, 9.17) is 0 Å². The lowest BCUT2D eigenvalue weighted by molar-refractivity contribution is 0.118. The van der Waals surface area contributed by atoms with Crippen molar-refractivity contribution in [2.75, 3.05) is 0 Å². The highest BCUT2D eigenvalue weighted by molar-refractivity contribution is 9.11. The maximum absolute atomic E-state index is 10.1. The van der Waals surface area contributed by atoms with Crippen molar-refractivity contribution in [1.82, 2.24) is 0 Å². The predicted octanol–water partition coefficient (Wildman–Crippen LogP) is 4.44. The highest BCUT2D eigenvalue weighted by atomic mass is 79.9. The van der Waals surface area contributed by atoms with E-state index in [1.165, 1.54) is 19.3 Å². The highest BCUT2D eigenvalue weighted by Crippen LogP contribution is 2.37. The first kappa shape index (κ1) is 11.6. The van der Waals surface area contributed by atoms with Crippen LogP contribution in [0.15, 0.2) is 27.1 Å². The zero-order valence-electron chi connectivity index (χ0n) is 8.42. The zero-order valence-corrected chi connectivity index (χ0v) is 11.6. The number of hydrogen-bond donors (Lipinski definition) is 1. The van der Waals surface area contributed by atoms with E-state index in [-0.39, 0.29) is 6.10 Å². The van der Waals surface area contributed by atoms with Gasteiger partial charge in [-0.3, -0.25) is 0 Å². The molecule has 3 heteroatoms. The molecule has 0 spiro atoms. The van der Waals surface area contributed by atoms with Crippen molar-refractivity contribution in [2.45, 2.75) is 31.8 Å². The van der Waals surface area contributed by atoms with Crippen LogP contribution in [0, 0.1) is 5.92 Å². The number of aliphatic hydroxyl groups excluding tert-OH is 1. The predicted molar refractivity (Wildman–Crippen MR) is 68.8 cm³/mol. The number of halogens is 2. The van der Waals surface area contributed by atoms with E-state index in [0.29, 0.717) is 0 Å². The van der Waals surface area contributed by atoms with Gasteiger partial charge in [0.05, 0.1) is 6.10 Å². The molecule has 1 N–H and O–H groups in total. The second kappa shape index (κ2) is 4.98. The summed E-state index contributed by atoms with van der Waals surface area (Å²) in [6.07, 6.45) is 4.48. The highest BCUT2D eigenvalue weighted by Gasteiger charge is 2.22. The molecule has 1 fully saturated rings. The number of rotatable bonds is 3. The summed E-state index contributed by atoms with van der Waals surface area (Å²) >= 11 is 6.90. The maximum Gasteiger partial charge on any atom is 0.0803 e. The van der Waals surface area contributed by atoms with Crippen LogP contribution >= 0.6 is 31.9 Å². The summed E-state index contributed by atoms with van der Waals surface area (Å²) in [5.74, 6) is 0.732. The first-order chi connectivity index (χ1) is 7.16. The van der Waals surface area contributed by atoms with Gasteiger partial charge in [-0.25, -0.2) is 0 Å². The SMILES string of the molecule is OC(CC1CCC1)c1ccc(Br)cc1Br. The molecule has 1 aliphatic rings. The van der Waals surface area contributed by atoms with Crippen LogP contribution in [0.3, 0.4) is 0 Å². The first-order valence-corrected chi connectivity index (χ1v) is 6.88. The summed E-state index contributed by atoms with van der Waals surface area (Å²) in [6, 6.07) is 5.95. The van der Waals surface area contributed by atoms with E-state index in [1.807, 2.05) is 18.2 Å². The van der Waals surface area contributed by atoms with Crippen molar-refractivity contribution >= 4 is 31.9 Å². The molecular formula is C12H14Br2O. The van der Waals surface area contributed by atoms with Gasteiger partial charge in [-0.05, 0) is 30.0 Å². The van der Waals surface area contributed by atoms with E-state index in [9.17, 15) is 5.11 Å². The average Bonchev–Trinajstić information content (AvgIpc) is 2.11. The molecule has 15 heavy (non-hydrogen) atoms. The molecule has 0 aliphatic heterocycles. The summed E-state index contributed by atoms with van der Waals surface area (Å²) in [5.41, 5.74) is 1.00. The molecule has 1 aliphatic carbocycles. The maximum atomic E-state index is 10.1. The zero-order chi connectivity index (χ0) is 10.8. The lowest BCUT2D eigenvalue weighted by Crippen LogP contribution is -2.15. The standard InChI is InChI=1S/C12H14Br2O/c13-9-4-5-10(11(14)7-9)12(15)6-8-2-1-3-8/h4-5,7-8,12,15H,1-3,6H2. The molecule has 1 nitrogen and oxygen atoms in total. The van der Waals surface area contributed by atoms with Crippen molar-refractivity contribution in [2.24, 2.45) is 5.92 Å². The first-order valence-electron chi connectivity index (χ1n) is 5.30. The van der Waals surface area contributed by atoms with Gasteiger partial charge in [0.1, 0.15) is 0 Å². The Labute approximate surface area is 107 Å². The van der Waals surface area contributed by atoms with E-state index in [2.05, 4.69) is 31.9 Å². The molecule has 0 heterocycles. The third-order valence-electron chi connectivity index (χ3n) is 3.10. The van der Waals surface area contributed by atoms with Crippen molar-refractivity contribution in [3.63, 3.8) is 0 Å².